The predicted octanol–water partition coefficient (Wildman–Crippen LogP) is 2.47. The molecule has 10 atom stereocenters. The van der Waals surface area contributed by atoms with Gasteiger partial charge in [0, 0.05) is 5.41 Å². The summed E-state index contributed by atoms with van der Waals surface area (Å²) in [5.74, 6) is 1.59. The van der Waals surface area contributed by atoms with Crippen LogP contribution in [-0.4, -0.2) is 44.3 Å². The average Bonchev–Trinajstić information content (AvgIpc) is 2.80. The van der Waals surface area contributed by atoms with E-state index in [1.54, 1.807) is 6.92 Å². The molecule has 0 amide bonds. The summed E-state index contributed by atoms with van der Waals surface area (Å²) in [4.78, 5) is 0. The van der Waals surface area contributed by atoms with Gasteiger partial charge < -0.3 is 20.4 Å². The quantitative estimate of drug-likeness (QED) is 0.584. The second-order valence-electron chi connectivity index (χ2n) is 10.3. The van der Waals surface area contributed by atoms with Crippen LogP contribution in [0.5, 0.6) is 0 Å². The molecule has 0 aromatic rings. The van der Waals surface area contributed by atoms with Crippen LogP contribution in [0.4, 0.5) is 0 Å². The molecule has 0 spiro atoms. The van der Waals surface area contributed by atoms with Crippen LogP contribution in [0.2, 0.25) is 0 Å². The summed E-state index contributed by atoms with van der Waals surface area (Å²) in [5.41, 5.74) is -1.38. The molecule has 4 aliphatic rings. The van der Waals surface area contributed by atoms with E-state index >= 15 is 0 Å². The molecular weight excluding hydrogens is 316 g/mol. The predicted molar refractivity (Wildman–Crippen MR) is 95.8 cm³/mol. The van der Waals surface area contributed by atoms with E-state index in [2.05, 4.69) is 13.8 Å². The van der Waals surface area contributed by atoms with Crippen molar-refractivity contribution >= 4 is 0 Å². The zero-order valence-electron chi connectivity index (χ0n) is 16.0. The van der Waals surface area contributed by atoms with Crippen LogP contribution >= 0.6 is 0 Å². The number of rotatable bonds is 1. The molecule has 4 N–H and O–H groups in total. The fourth-order valence-electron chi connectivity index (χ4n) is 8.09. The van der Waals surface area contributed by atoms with E-state index in [0.29, 0.717) is 30.6 Å². The van der Waals surface area contributed by atoms with E-state index < -0.39 is 23.2 Å². The Labute approximate surface area is 151 Å². The van der Waals surface area contributed by atoms with Crippen LogP contribution in [0.25, 0.3) is 0 Å². The first-order chi connectivity index (χ1) is 11.6. The van der Waals surface area contributed by atoms with Gasteiger partial charge in [0.05, 0.1) is 23.9 Å². The van der Waals surface area contributed by atoms with Crippen molar-refractivity contribution in [2.24, 2.45) is 34.5 Å². The first kappa shape index (κ1) is 18.2. The van der Waals surface area contributed by atoms with Gasteiger partial charge in [-0.1, -0.05) is 13.8 Å². The Morgan fingerprint density at radius 1 is 1.00 bits per heavy atom. The molecule has 25 heavy (non-hydrogen) atoms. The summed E-state index contributed by atoms with van der Waals surface area (Å²) in [6.45, 7) is 6.16. The van der Waals surface area contributed by atoms with E-state index in [1.165, 1.54) is 0 Å². The van der Waals surface area contributed by atoms with Crippen molar-refractivity contribution in [2.75, 3.05) is 0 Å². The highest BCUT2D eigenvalue weighted by atomic mass is 16.3. The zero-order chi connectivity index (χ0) is 18.2. The highest BCUT2D eigenvalue weighted by Gasteiger charge is 2.67. The van der Waals surface area contributed by atoms with Gasteiger partial charge in [-0.05, 0) is 87.4 Å². The van der Waals surface area contributed by atoms with Crippen molar-refractivity contribution in [1.29, 1.82) is 0 Å². The van der Waals surface area contributed by atoms with Gasteiger partial charge in [-0.15, -0.1) is 0 Å². The monoisotopic (exact) mass is 352 g/mol. The minimum atomic E-state index is -1.08. The first-order valence-electron chi connectivity index (χ1n) is 10.4. The van der Waals surface area contributed by atoms with Crippen LogP contribution in [0.3, 0.4) is 0 Å². The third-order valence-electron chi connectivity index (χ3n) is 9.48. The molecule has 144 valence electrons. The maximum Gasteiger partial charge on any atom is 0.0959 e. The third kappa shape index (κ3) is 2.27. The van der Waals surface area contributed by atoms with E-state index in [9.17, 15) is 20.4 Å². The molecule has 0 aromatic heterocycles. The lowest BCUT2D eigenvalue weighted by Crippen LogP contribution is -2.63. The van der Waals surface area contributed by atoms with Crippen LogP contribution in [0.15, 0.2) is 0 Å². The van der Waals surface area contributed by atoms with Gasteiger partial charge in [-0.2, -0.15) is 0 Å². The standard InChI is InChI=1S/C21H36O4/c1-12(22)21(25)9-7-16-15-5-4-13-10-14(23)6-8-19(13,2)18(15)17(24)11-20(16,21)3/h12-18,22-25H,4-11H2,1-3H3/t12-,13-,14-,15-,16-,17-,18+,19-,20-,21+/m0/s1. The lowest BCUT2D eigenvalue weighted by atomic mass is 9.43. The molecule has 4 nitrogen and oxygen atoms in total. The second-order valence-corrected chi connectivity index (χ2v) is 10.3. The van der Waals surface area contributed by atoms with Crippen molar-refractivity contribution in [1.82, 2.24) is 0 Å². The molecule has 0 unspecified atom stereocenters. The maximum absolute atomic E-state index is 11.3. The Balaban J connectivity index is 1.69. The minimum Gasteiger partial charge on any atom is -0.393 e. The summed E-state index contributed by atoms with van der Waals surface area (Å²) in [5, 5.41) is 42.9. The molecule has 0 bridgehead atoms. The third-order valence-corrected chi connectivity index (χ3v) is 9.48. The summed E-state index contributed by atoms with van der Waals surface area (Å²) >= 11 is 0. The highest BCUT2D eigenvalue weighted by Crippen LogP contribution is 2.68. The van der Waals surface area contributed by atoms with Crippen molar-refractivity contribution < 1.29 is 20.4 Å². The fraction of sp³-hybridized carbons (Fsp3) is 1.00. The Bertz CT molecular complexity index is 536. The molecule has 0 radical (unpaired) electrons. The summed E-state index contributed by atoms with van der Waals surface area (Å²) in [6, 6.07) is 0. The number of hydrogen-bond acceptors (Lipinski definition) is 4. The Morgan fingerprint density at radius 2 is 1.72 bits per heavy atom. The lowest BCUT2D eigenvalue weighted by molar-refractivity contribution is -0.218. The van der Waals surface area contributed by atoms with Crippen molar-refractivity contribution in [3.05, 3.63) is 0 Å². The van der Waals surface area contributed by atoms with E-state index in [-0.39, 0.29) is 17.4 Å². The van der Waals surface area contributed by atoms with Gasteiger partial charge in [0.25, 0.3) is 0 Å². The number of fused-ring (bicyclic) bond motifs is 5. The molecule has 0 heterocycles. The number of hydrogen-bond donors (Lipinski definition) is 4. The van der Waals surface area contributed by atoms with Crippen molar-refractivity contribution in [2.45, 2.75) is 96.1 Å². The molecule has 0 aliphatic heterocycles. The molecule has 0 saturated heterocycles. The van der Waals surface area contributed by atoms with Crippen LogP contribution in [0.1, 0.15) is 72.1 Å². The van der Waals surface area contributed by atoms with E-state index in [4.69, 9.17) is 0 Å². The van der Waals surface area contributed by atoms with E-state index in [1.807, 2.05) is 0 Å². The summed E-state index contributed by atoms with van der Waals surface area (Å²) < 4.78 is 0. The lowest BCUT2D eigenvalue weighted by Gasteiger charge is -2.63. The molecule has 4 saturated carbocycles. The molecule has 0 aromatic carbocycles. The van der Waals surface area contributed by atoms with Gasteiger partial charge in [0.2, 0.25) is 0 Å². The smallest absolute Gasteiger partial charge is 0.0959 e. The Morgan fingerprint density at radius 3 is 2.40 bits per heavy atom. The zero-order valence-corrected chi connectivity index (χ0v) is 16.0. The largest absolute Gasteiger partial charge is 0.393 e. The second kappa shape index (κ2) is 5.67. The van der Waals surface area contributed by atoms with Gasteiger partial charge in [0.1, 0.15) is 0 Å². The molecule has 4 rings (SSSR count). The summed E-state index contributed by atoms with van der Waals surface area (Å²) in [6.07, 6.45) is 5.77. The number of aliphatic hydroxyl groups excluding tert-OH is 3. The molecule has 4 heteroatoms. The first-order valence-corrected chi connectivity index (χ1v) is 10.4. The van der Waals surface area contributed by atoms with Crippen LogP contribution in [0, 0.1) is 34.5 Å². The molecule has 4 fully saturated rings. The Hall–Kier alpha value is -0.160. The van der Waals surface area contributed by atoms with Gasteiger partial charge in [-0.3, -0.25) is 0 Å². The minimum absolute atomic E-state index is 0.106. The molecule has 4 aliphatic carbocycles. The van der Waals surface area contributed by atoms with Gasteiger partial charge >= 0.3 is 0 Å². The normalized spacial score (nSPS) is 59.6. The van der Waals surface area contributed by atoms with Gasteiger partial charge in [-0.25, -0.2) is 0 Å². The Kier molecular flexibility index (Phi) is 4.13. The average molecular weight is 353 g/mol. The maximum atomic E-state index is 11.3. The van der Waals surface area contributed by atoms with Crippen LogP contribution in [-0.2, 0) is 0 Å². The van der Waals surface area contributed by atoms with E-state index in [0.717, 1.165) is 38.5 Å². The van der Waals surface area contributed by atoms with Crippen molar-refractivity contribution in [3.63, 3.8) is 0 Å². The van der Waals surface area contributed by atoms with Crippen LogP contribution < -0.4 is 0 Å². The topological polar surface area (TPSA) is 80.9 Å². The van der Waals surface area contributed by atoms with Gasteiger partial charge in [0.15, 0.2) is 0 Å². The SMILES string of the molecule is C[C@H](O)[C@]1(O)CC[C@H]2[C@@H]3CC[C@H]4C[C@@H](O)CC[C@]4(C)[C@H]3[C@@H](O)C[C@@]21C. The fourth-order valence-corrected chi connectivity index (χ4v) is 8.09. The van der Waals surface area contributed by atoms with Crippen molar-refractivity contribution in [3.8, 4) is 0 Å². The highest BCUT2D eigenvalue weighted by molar-refractivity contribution is 5.17. The molecular formula is C21H36O4. The number of aliphatic hydroxyl groups is 4. The summed E-state index contributed by atoms with van der Waals surface area (Å²) in [7, 11) is 0.